The Balaban J connectivity index is 1.46. The number of fused-ring (bicyclic) bond motifs is 2. The van der Waals surface area contributed by atoms with Gasteiger partial charge in [-0.2, -0.15) is 0 Å². The van der Waals surface area contributed by atoms with Gasteiger partial charge in [-0.1, -0.05) is 0 Å². The van der Waals surface area contributed by atoms with Crippen LogP contribution in [0.5, 0.6) is 0 Å². The minimum atomic E-state index is -0.360. The van der Waals surface area contributed by atoms with Crippen molar-refractivity contribution in [2.45, 2.75) is 56.4 Å². The number of amides is 1. The van der Waals surface area contributed by atoms with E-state index in [1.54, 1.807) is 0 Å². The van der Waals surface area contributed by atoms with Gasteiger partial charge in [0, 0.05) is 41.6 Å². The van der Waals surface area contributed by atoms with Gasteiger partial charge in [-0.05, 0) is 62.2 Å². The average molecular weight is 399 g/mol. The van der Waals surface area contributed by atoms with Crippen molar-refractivity contribution in [3.05, 3.63) is 34.2 Å². The van der Waals surface area contributed by atoms with Crippen LogP contribution in [0, 0.1) is 0 Å². The van der Waals surface area contributed by atoms with Gasteiger partial charge in [-0.15, -0.1) is 0 Å². The highest BCUT2D eigenvalue weighted by Gasteiger charge is 2.45. The maximum absolute atomic E-state index is 11.3. The molecule has 1 spiro atoms. The summed E-state index contributed by atoms with van der Waals surface area (Å²) in [5.41, 5.74) is 9.18. The van der Waals surface area contributed by atoms with Crippen LogP contribution in [0.15, 0.2) is 11.6 Å². The third-order valence-electron chi connectivity index (χ3n) is 6.30. The van der Waals surface area contributed by atoms with E-state index in [1.165, 1.54) is 54.0 Å². The lowest BCUT2D eigenvalue weighted by atomic mass is 9.77. The number of rotatable bonds is 6. The fourth-order valence-corrected chi connectivity index (χ4v) is 5.35. The summed E-state index contributed by atoms with van der Waals surface area (Å²) in [5, 5.41) is 5.33. The Hall–Kier alpha value is -2.06. The van der Waals surface area contributed by atoms with Crippen molar-refractivity contribution < 1.29 is 4.79 Å². The molecular formula is C20H26N6OS. The highest BCUT2D eigenvalue weighted by Crippen LogP contribution is 2.48. The topological polar surface area (TPSA) is 97.0 Å². The third-order valence-corrected chi connectivity index (χ3v) is 6.93. The number of piperidine rings is 1. The van der Waals surface area contributed by atoms with E-state index in [-0.39, 0.29) is 17.9 Å². The van der Waals surface area contributed by atoms with Gasteiger partial charge in [-0.3, -0.25) is 9.69 Å². The molecule has 2 fully saturated rings. The molecule has 2 aromatic rings. The van der Waals surface area contributed by atoms with Crippen LogP contribution in [-0.4, -0.2) is 44.8 Å². The Morgan fingerprint density at radius 3 is 3.00 bits per heavy atom. The second-order valence-corrected chi connectivity index (χ2v) is 9.14. The molecule has 2 aromatic heterocycles. The normalized spacial score (nSPS) is 24.4. The zero-order valence-corrected chi connectivity index (χ0v) is 16.8. The Kier molecular flexibility index (Phi) is 4.55. The SMILES string of the molecule is NC(=O)CNc1nc(C2CC2)nc2c1CCC21CCCN(Cc2cnsc2)C1. The number of primary amides is 1. The molecule has 3 heterocycles. The Morgan fingerprint density at radius 2 is 2.25 bits per heavy atom. The Morgan fingerprint density at radius 1 is 1.36 bits per heavy atom. The molecular weight excluding hydrogens is 372 g/mol. The van der Waals surface area contributed by atoms with Crippen LogP contribution >= 0.6 is 11.5 Å². The van der Waals surface area contributed by atoms with Gasteiger partial charge in [0.25, 0.3) is 0 Å². The predicted molar refractivity (Wildman–Crippen MR) is 108 cm³/mol. The fraction of sp³-hybridized carbons (Fsp3) is 0.600. The number of hydrogen-bond acceptors (Lipinski definition) is 7. The summed E-state index contributed by atoms with van der Waals surface area (Å²) in [7, 11) is 0. The maximum Gasteiger partial charge on any atom is 0.236 e. The highest BCUT2D eigenvalue weighted by molar-refractivity contribution is 7.03. The van der Waals surface area contributed by atoms with Crippen LogP contribution in [0.25, 0.3) is 0 Å². The van der Waals surface area contributed by atoms with Crippen LogP contribution in [0.2, 0.25) is 0 Å². The number of carbonyl (C=O) groups excluding carboxylic acids is 1. The second-order valence-electron chi connectivity index (χ2n) is 8.48. The molecule has 1 aliphatic heterocycles. The summed E-state index contributed by atoms with van der Waals surface area (Å²) in [6, 6.07) is 0. The molecule has 1 atom stereocenters. The van der Waals surface area contributed by atoms with Gasteiger partial charge in [0.1, 0.15) is 11.6 Å². The first-order valence-electron chi connectivity index (χ1n) is 10.2. The molecule has 7 nitrogen and oxygen atoms in total. The van der Waals surface area contributed by atoms with Gasteiger partial charge in [0.2, 0.25) is 5.91 Å². The van der Waals surface area contributed by atoms with Crippen LogP contribution in [0.1, 0.15) is 60.7 Å². The lowest BCUT2D eigenvalue weighted by molar-refractivity contribution is -0.116. The van der Waals surface area contributed by atoms with Crippen LogP contribution in [0.3, 0.4) is 0 Å². The lowest BCUT2D eigenvalue weighted by Crippen LogP contribution is -2.45. The van der Waals surface area contributed by atoms with Crippen molar-refractivity contribution >= 4 is 23.3 Å². The third kappa shape index (κ3) is 3.39. The lowest BCUT2D eigenvalue weighted by Gasteiger charge is -2.40. The quantitative estimate of drug-likeness (QED) is 0.774. The first-order chi connectivity index (χ1) is 13.6. The van der Waals surface area contributed by atoms with Crippen molar-refractivity contribution in [1.82, 2.24) is 19.2 Å². The molecule has 148 valence electrons. The average Bonchev–Trinajstić information content (AvgIpc) is 3.32. The molecule has 28 heavy (non-hydrogen) atoms. The number of carbonyl (C=O) groups is 1. The number of nitrogens with zero attached hydrogens (tertiary/aromatic N) is 4. The number of anilines is 1. The molecule has 5 rings (SSSR count). The Labute approximate surface area is 168 Å². The molecule has 1 saturated heterocycles. The van der Waals surface area contributed by atoms with Gasteiger partial charge >= 0.3 is 0 Å². The molecule has 0 radical (unpaired) electrons. The van der Waals surface area contributed by atoms with E-state index < -0.39 is 0 Å². The standard InChI is InChI=1S/C20H26N6OS/c21-16(27)9-22-19-15-4-6-20(17(15)24-18(25-19)14-2-3-14)5-1-7-26(12-20)10-13-8-23-28-11-13/h8,11,14H,1-7,9-10,12H2,(H2,21,27)(H,22,24,25). The molecule has 8 heteroatoms. The van der Waals surface area contributed by atoms with E-state index in [2.05, 4.69) is 20.0 Å². The smallest absolute Gasteiger partial charge is 0.236 e. The molecule has 2 aliphatic carbocycles. The van der Waals surface area contributed by atoms with Crippen molar-refractivity contribution in [3.8, 4) is 0 Å². The summed E-state index contributed by atoms with van der Waals surface area (Å²) in [4.78, 5) is 23.7. The van der Waals surface area contributed by atoms with Gasteiger partial charge < -0.3 is 11.1 Å². The minimum absolute atomic E-state index is 0.104. The maximum atomic E-state index is 11.3. The van der Waals surface area contributed by atoms with Crippen LogP contribution in [0.4, 0.5) is 5.82 Å². The summed E-state index contributed by atoms with van der Waals surface area (Å²) < 4.78 is 4.25. The molecule has 1 saturated carbocycles. The van der Waals surface area contributed by atoms with Crippen molar-refractivity contribution in [1.29, 1.82) is 0 Å². The number of nitrogens with one attached hydrogen (secondary N) is 1. The summed E-state index contributed by atoms with van der Waals surface area (Å²) in [6.45, 7) is 3.24. The van der Waals surface area contributed by atoms with E-state index in [9.17, 15) is 4.79 Å². The zero-order valence-electron chi connectivity index (χ0n) is 16.0. The molecule has 0 aromatic carbocycles. The summed E-state index contributed by atoms with van der Waals surface area (Å²) in [6.07, 6.45) is 8.74. The van der Waals surface area contributed by atoms with Crippen molar-refractivity contribution in [2.24, 2.45) is 5.73 Å². The molecule has 3 aliphatic rings. The predicted octanol–water partition coefficient (Wildman–Crippen LogP) is 2.19. The zero-order chi connectivity index (χ0) is 19.1. The van der Waals surface area contributed by atoms with E-state index in [4.69, 9.17) is 15.7 Å². The number of hydrogen-bond donors (Lipinski definition) is 2. The van der Waals surface area contributed by atoms with Gasteiger partial charge in [-0.25, -0.2) is 14.3 Å². The van der Waals surface area contributed by atoms with E-state index in [0.29, 0.717) is 5.92 Å². The number of aromatic nitrogens is 3. The first-order valence-corrected chi connectivity index (χ1v) is 11.0. The monoisotopic (exact) mass is 398 g/mol. The van der Waals surface area contributed by atoms with Crippen molar-refractivity contribution in [3.63, 3.8) is 0 Å². The largest absolute Gasteiger partial charge is 0.368 e. The van der Waals surface area contributed by atoms with Crippen molar-refractivity contribution in [2.75, 3.05) is 25.0 Å². The Bertz CT molecular complexity index is 881. The second kappa shape index (κ2) is 7.08. The van der Waals surface area contributed by atoms with E-state index >= 15 is 0 Å². The van der Waals surface area contributed by atoms with Crippen LogP contribution < -0.4 is 11.1 Å². The molecule has 3 N–H and O–H groups in total. The minimum Gasteiger partial charge on any atom is -0.368 e. The summed E-state index contributed by atoms with van der Waals surface area (Å²) in [5.74, 6) is 1.91. The molecule has 1 amide bonds. The fourth-order valence-electron chi connectivity index (χ4n) is 4.82. The van der Waals surface area contributed by atoms with E-state index in [1.807, 2.05) is 6.20 Å². The summed E-state index contributed by atoms with van der Waals surface area (Å²) >= 11 is 1.52. The number of nitrogens with two attached hydrogens (primary N) is 1. The van der Waals surface area contributed by atoms with Gasteiger partial charge in [0.15, 0.2) is 0 Å². The van der Waals surface area contributed by atoms with Gasteiger partial charge in [0.05, 0.1) is 12.2 Å². The van der Waals surface area contributed by atoms with E-state index in [0.717, 1.165) is 44.1 Å². The highest BCUT2D eigenvalue weighted by atomic mass is 32.1. The molecule has 1 unspecified atom stereocenters. The van der Waals surface area contributed by atoms with Crippen LogP contribution in [-0.2, 0) is 23.2 Å². The number of likely N-dealkylation sites (tertiary alicyclic amines) is 1. The molecule has 0 bridgehead atoms. The first kappa shape index (κ1) is 18.0.